The molecule has 3 atom stereocenters. The molecule has 5 rings (SSSR count). The van der Waals surface area contributed by atoms with Crippen LogP contribution in [0.4, 0.5) is 0 Å². The monoisotopic (exact) mass is 488 g/mol. The number of hydrogen-bond donors (Lipinski definition) is 0. The summed E-state index contributed by atoms with van der Waals surface area (Å²) in [7, 11) is 4.80. The second kappa shape index (κ2) is 10.4. The molecule has 2 aliphatic rings. The van der Waals surface area contributed by atoms with Gasteiger partial charge in [-0.2, -0.15) is 0 Å². The lowest BCUT2D eigenvalue weighted by molar-refractivity contribution is -0.137. The van der Waals surface area contributed by atoms with Crippen molar-refractivity contribution in [1.82, 2.24) is 9.47 Å². The standard InChI is InChI=1S/C30H36N2O4/c1-5-21-18-31-15-14-22-28-25(12-9-13-27(28)35-3)32(17-20-10-7-6-8-11-20)29(22)26(31)16-23(21)24(19-34-2)30(33)36-4/h6-13,19,21,23,26H,5,14-18H2,1-4H3/b24-19+. The Morgan fingerprint density at radius 3 is 2.58 bits per heavy atom. The van der Waals surface area contributed by atoms with Crippen LogP contribution in [0.15, 0.2) is 60.4 Å². The Morgan fingerprint density at radius 2 is 1.89 bits per heavy atom. The molecule has 1 fully saturated rings. The fourth-order valence-electron chi connectivity index (χ4n) is 6.46. The van der Waals surface area contributed by atoms with Crippen molar-refractivity contribution in [3.63, 3.8) is 0 Å². The predicted molar refractivity (Wildman–Crippen MR) is 141 cm³/mol. The zero-order valence-corrected chi connectivity index (χ0v) is 21.7. The fourth-order valence-corrected chi connectivity index (χ4v) is 6.46. The van der Waals surface area contributed by atoms with E-state index in [-0.39, 0.29) is 17.9 Å². The highest BCUT2D eigenvalue weighted by Gasteiger charge is 2.43. The molecule has 2 aliphatic heterocycles. The van der Waals surface area contributed by atoms with E-state index < -0.39 is 0 Å². The quantitative estimate of drug-likeness (QED) is 0.255. The van der Waals surface area contributed by atoms with Gasteiger partial charge in [-0.05, 0) is 47.9 Å². The summed E-state index contributed by atoms with van der Waals surface area (Å²) in [5.74, 6) is 1.07. The van der Waals surface area contributed by atoms with Crippen LogP contribution in [0.1, 0.15) is 42.6 Å². The summed E-state index contributed by atoms with van der Waals surface area (Å²) >= 11 is 0. The molecular formula is C30H36N2O4. The minimum Gasteiger partial charge on any atom is -0.504 e. The van der Waals surface area contributed by atoms with E-state index in [9.17, 15) is 4.79 Å². The second-order valence-electron chi connectivity index (χ2n) is 9.86. The summed E-state index contributed by atoms with van der Waals surface area (Å²) in [6.07, 6.45) is 4.44. The Hall–Kier alpha value is -3.25. The van der Waals surface area contributed by atoms with Crippen LogP contribution in [-0.2, 0) is 27.2 Å². The predicted octanol–water partition coefficient (Wildman–Crippen LogP) is 5.35. The number of carbonyl (C=O) groups is 1. The van der Waals surface area contributed by atoms with Gasteiger partial charge in [0.05, 0.1) is 44.7 Å². The van der Waals surface area contributed by atoms with Crippen LogP contribution in [0.25, 0.3) is 10.9 Å². The highest BCUT2D eigenvalue weighted by molar-refractivity contribution is 5.92. The smallest absolute Gasteiger partial charge is 0.337 e. The number of rotatable bonds is 7. The molecule has 190 valence electrons. The molecule has 3 heterocycles. The molecule has 6 heteroatoms. The highest BCUT2D eigenvalue weighted by Crippen LogP contribution is 2.48. The van der Waals surface area contributed by atoms with Crippen LogP contribution in [0, 0.1) is 11.8 Å². The van der Waals surface area contributed by atoms with Gasteiger partial charge in [0.25, 0.3) is 0 Å². The second-order valence-corrected chi connectivity index (χ2v) is 9.86. The van der Waals surface area contributed by atoms with Gasteiger partial charge in [0, 0.05) is 30.7 Å². The molecule has 0 spiro atoms. The summed E-state index contributed by atoms with van der Waals surface area (Å²) in [6, 6.07) is 17.2. The number of nitrogens with zero attached hydrogens (tertiary/aromatic N) is 2. The van der Waals surface area contributed by atoms with E-state index in [1.807, 2.05) is 0 Å². The van der Waals surface area contributed by atoms with Gasteiger partial charge in [-0.25, -0.2) is 4.79 Å². The molecule has 1 saturated heterocycles. The van der Waals surface area contributed by atoms with E-state index in [1.165, 1.54) is 34.8 Å². The molecule has 0 bridgehead atoms. The van der Waals surface area contributed by atoms with Crippen molar-refractivity contribution in [2.24, 2.45) is 11.8 Å². The Morgan fingerprint density at radius 1 is 1.08 bits per heavy atom. The van der Waals surface area contributed by atoms with Gasteiger partial charge < -0.3 is 18.8 Å². The molecule has 0 radical (unpaired) electrons. The number of aromatic nitrogens is 1. The molecular weight excluding hydrogens is 452 g/mol. The topological polar surface area (TPSA) is 52.9 Å². The van der Waals surface area contributed by atoms with E-state index in [4.69, 9.17) is 14.2 Å². The average Bonchev–Trinajstić information content (AvgIpc) is 3.25. The lowest BCUT2D eigenvalue weighted by Crippen LogP contribution is -2.47. The minimum atomic E-state index is -0.295. The first kappa shape index (κ1) is 24.4. The van der Waals surface area contributed by atoms with Crippen molar-refractivity contribution in [3.8, 4) is 5.75 Å². The molecule has 2 aromatic carbocycles. The Bertz CT molecular complexity index is 1260. The molecule has 0 N–H and O–H groups in total. The van der Waals surface area contributed by atoms with E-state index >= 15 is 0 Å². The summed E-state index contributed by atoms with van der Waals surface area (Å²) in [5.41, 5.74) is 5.85. The van der Waals surface area contributed by atoms with Crippen LogP contribution in [-0.4, -0.2) is 49.9 Å². The number of ether oxygens (including phenoxy) is 3. The molecule has 0 amide bonds. The third-order valence-corrected chi connectivity index (χ3v) is 8.11. The Labute approximate surface area is 213 Å². The fraction of sp³-hybridized carbons (Fsp3) is 0.433. The first-order valence-corrected chi connectivity index (χ1v) is 12.9. The third kappa shape index (κ3) is 4.17. The van der Waals surface area contributed by atoms with Crippen LogP contribution in [0.2, 0.25) is 0 Å². The third-order valence-electron chi connectivity index (χ3n) is 8.11. The van der Waals surface area contributed by atoms with Crippen molar-refractivity contribution in [3.05, 3.63) is 77.2 Å². The molecule has 6 nitrogen and oxygen atoms in total. The lowest BCUT2D eigenvalue weighted by atomic mass is 9.74. The number of hydrogen-bond acceptors (Lipinski definition) is 5. The van der Waals surface area contributed by atoms with Gasteiger partial charge in [0.15, 0.2) is 0 Å². The first-order valence-electron chi connectivity index (χ1n) is 12.9. The van der Waals surface area contributed by atoms with Gasteiger partial charge in [-0.1, -0.05) is 49.7 Å². The molecule has 0 saturated carbocycles. The zero-order valence-electron chi connectivity index (χ0n) is 21.7. The van der Waals surface area contributed by atoms with Crippen LogP contribution < -0.4 is 4.74 Å². The molecule has 0 aliphatic carbocycles. The van der Waals surface area contributed by atoms with Crippen molar-refractivity contribution < 1.29 is 19.0 Å². The number of carbonyl (C=O) groups excluding carboxylic acids is 1. The number of piperidine rings is 1. The van der Waals surface area contributed by atoms with Crippen LogP contribution >= 0.6 is 0 Å². The molecule has 3 unspecified atom stereocenters. The average molecular weight is 489 g/mol. The van der Waals surface area contributed by atoms with E-state index in [0.717, 1.165) is 44.6 Å². The maximum Gasteiger partial charge on any atom is 0.337 e. The van der Waals surface area contributed by atoms with Crippen molar-refractivity contribution in [1.29, 1.82) is 0 Å². The zero-order chi connectivity index (χ0) is 25.2. The van der Waals surface area contributed by atoms with Crippen molar-refractivity contribution >= 4 is 16.9 Å². The Balaban J connectivity index is 1.66. The summed E-state index contributed by atoms with van der Waals surface area (Å²) in [4.78, 5) is 15.4. The first-order chi connectivity index (χ1) is 17.6. The molecule has 36 heavy (non-hydrogen) atoms. The number of methoxy groups -OCH3 is 3. The SMILES string of the molecule is CCC1CN2CCc3c(n(Cc4ccccc4)c4cccc(OC)c34)C2CC1/C(=C\OC)C(=O)OC. The maximum absolute atomic E-state index is 12.8. The van der Waals surface area contributed by atoms with Crippen LogP contribution in [0.3, 0.4) is 0 Å². The summed E-state index contributed by atoms with van der Waals surface area (Å²) < 4.78 is 18.9. The van der Waals surface area contributed by atoms with Crippen LogP contribution in [0.5, 0.6) is 5.75 Å². The van der Waals surface area contributed by atoms with Gasteiger partial charge >= 0.3 is 5.97 Å². The summed E-state index contributed by atoms with van der Waals surface area (Å²) in [6.45, 7) is 4.97. The number of fused-ring (bicyclic) bond motifs is 5. The van der Waals surface area contributed by atoms with Crippen molar-refractivity contribution in [2.45, 2.75) is 38.8 Å². The van der Waals surface area contributed by atoms with Gasteiger partial charge in [-0.15, -0.1) is 0 Å². The van der Waals surface area contributed by atoms with E-state index in [2.05, 4.69) is 64.9 Å². The minimum absolute atomic E-state index is 0.0692. The number of benzene rings is 2. The lowest BCUT2D eigenvalue weighted by Gasteiger charge is -2.47. The normalized spacial score (nSPS) is 22.1. The largest absolute Gasteiger partial charge is 0.504 e. The maximum atomic E-state index is 12.8. The van der Waals surface area contributed by atoms with E-state index in [1.54, 1.807) is 20.5 Å². The van der Waals surface area contributed by atoms with Crippen molar-refractivity contribution in [2.75, 3.05) is 34.4 Å². The number of esters is 1. The summed E-state index contributed by atoms with van der Waals surface area (Å²) in [5, 5.41) is 1.22. The van der Waals surface area contributed by atoms with Gasteiger partial charge in [-0.3, -0.25) is 4.90 Å². The highest BCUT2D eigenvalue weighted by atomic mass is 16.5. The van der Waals surface area contributed by atoms with Gasteiger partial charge in [0.1, 0.15) is 5.75 Å². The molecule has 1 aromatic heterocycles. The van der Waals surface area contributed by atoms with E-state index in [0.29, 0.717) is 11.5 Å². The Kier molecular flexibility index (Phi) is 7.06. The molecule has 3 aromatic rings. The van der Waals surface area contributed by atoms with Gasteiger partial charge in [0.2, 0.25) is 0 Å².